The Hall–Kier alpha value is -3.43. The molecule has 194 valence electrons. The van der Waals surface area contributed by atoms with Crippen LogP contribution in [0, 0.1) is 0 Å². The minimum Gasteiger partial charge on any atom is -0.496 e. The number of benzene rings is 3. The van der Waals surface area contributed by atoms with Gasteiger partial charge in [-0.3, -0.25) is 0 Å². The molecule has 3 aromatic carbocycles. The van der Waals surface area contributed by atoms with Gasteiger partial charge in [0.05, 0.1) is 44.8 Å². The molecular weight excluding hydrogens is 486 g/mol. The standard InChI is InChI=1S/C29H33N3O4S/c1-36-29-22-25(5-11-26(29)10-4-24-6-12-27(30)13-7-24)3-2-23-8-14-28(15-9-23)37(34,35)32-18-16-31(17-19-32)20-21-33/h2-15,22,33H,16-21,30H2,1H3/p+1/b3-2+,10-4+. The fraction of sp³-hybridized carbons (Fsp3) is 0.241. The summed E-state index contributed by atoms with van der Waals surface area (Å²) >= 11 is 0. The number of sulfonamides is 1. The van der Waals surface area contributed by atoms with Crippen molar-refractivity contribution >= 4 is 40.0 Å². The van der Waals surface area contributed by atoms with Crippen LogP contribution in [-0.2, 0) is 10.0 Å². The first-order valence-electron chi connectivity index (χ1n) is 12.3. The van der Waals surface area contributed by atoms with Crippen LogP contribution in [0.1, 0.15) is 22.3 Å². The molecule has 4 N–H and O–H groups in total. The van der Waals surface area contributed by atoms with E-state index in [1.54, 1.807) is 19.2 Å². The molecule has 1 heterocycles. The zero-order valence-corrected chi connectivity index (χ0v) is 21.8. The number of nitrogens with zero attached hydrogens (tertiary/aromatic N) is 1. The Balaban J connectivity index is 1.42. The van der Waals surface area contributed by atoms with Crippen LogP contribution in [-0.4, -0.2) is 64.3 Å². The molecule has 0 saturated carbocycles. The molecule has 0 spiro atoms. The normalized spacial score (nSPS) is 15.5. The van der Waals surface area contributed by atoms with Gasteiger partial charge in [0, 0.05) is 11.3 Å². The summed E-state index contributed by atoms with van der Waals surface area (Å²) in [6.45, 7) is 3.12. The number of aliphatic hydroxyl groups is 1. The van der Waals surface area contributed by atoms with Crippen LogP contribution in [0.5, 0.6) is 5.75 Å². The molecule has 0 unspecified atom stereocenters. The third kappa shape index (κ3) is 6.87. The number of aliphatic hydroxyl groups excluding tert-OH is 1. The molecule has 0 aromatic heterocycles. The molecule has 37 heavy (non-hydrogen) atoms. The Labute approximate surface area is 219 Å². The van der Waals surface area contributed by atoms with Gasteiger partial charge in [-0.15, -0.1) is 0 Å². The van der Waals surface area contributed by atoms with E-state index >= 15 is 0 Å². The van der Waals surface area contributed by atoms with Crippen LogP contribution in [0.4, 0.5) is 5.69 Å². The van der Waals surface area contributed by atoms with Crippen LogP contribution in [0.3, 0.4) is 0 Å². The highest BCUT2D eigenvalue weighted by Gasteiger charge is 2.30. The number of nitrogens with one attached hydrogen (secondary N) is 1. The molecule has 8 heteroatoms. The first-order chi connectivity index (χ1) is 17.9. The van der Waals surface area contributed by atoms with Crippen LogP contribution in [0.2, 0.25) is 0 Å². The van der Waals surface area contributed by atoms with Gasteiger partial charge >= 0.3 is 0 Å². The summed E-state index contributed by atoms with van der Waals surface area (Å²) < 4.78 is 33.2. The number of nitrogen functional groups attached to an aromatic ring is 1. The number of hydrogen-bond donors (Lipinski definition) is 3. The van der Waals surface area contributed by atoms with Gasteiger partial charge < -0.3 is 20.5 Å². The van der Waals surface area contributed by atoms with Gasteiger partial charge in [0.2, 0.25) is 10.0 Å². The lowest BCUT2D eigenvalue weighted by Crippen LogP contribution is -3.15. The maximum absolute atomic E-state index is 13.0. The molecule has 0 amide bonds. The van der Waals surface area contributed by atoms with E-state index in [1.807, 2.05) is 78.9 Å². The van der Waals surface area contributed by atoms with Gasteiger partial charge in [0.1, 0.15) is 12.3 Å². The third-order valence-electron chi connectivity index (χ3n) is 6.53. The Kier molecular flexibility index (Phi) is 8.78. The van der Waals surface area contributed by atoms with E-state index in [0.29, 0.717) is 37.6 Å². The summed E-state index contributed by atoms with van der Waals surface area (Å²) in [5.74, 6) is 0.760. The quantitative estimate of drug-likeness (QED) is 0.298. The number of rotatable bonds is 9. The summed E-state index contributed by atoms with van der Waals surface area (Å²) in [6.07, 6.45) is 7.94. The summed E-state index contributed by atoms with van der Waals surface area (Å²) in [7, 11) is -1.87. The molecule has 0 radical (unpaired) electrons. The maximum Gasteiger partial charge on any atom is 0.243 e. The van der Waals surface area contributed by atoms with Crippen molar-refractivity contribution in [3.05, 3.63) is 89.0 Å². The Morgan fingerprint density at radius 3 is 2.08 bits per heavy atom. The molecule has 3 aromatic rings. The Morgan fingerprint density at radius 1 is 0.892 bits per heavy atom. The monoisotopic (exact) mass is 520 g/mol. The zero-order valence-electron chi connectivity index (χ0n) is 21.0. The third-order valence-corrected chi connectivity index (χ3v) is 8.44. The minimum absolute atomic E-state index is 0.121. The number of ether oxygens (including phenoxy) is 1. The highest BCUT2D eigenvalue weighted by atomic mass is 32.2. The lowest BCUT2D eigenvalue weighted by atomic mass is 10.1. The van der Waals surface area contributed by atoms with E-state index in [9.17, 15) is 8.42 Å². The van der Waals surface area contributed by atoms with Gasteiger partial charge in [-0.05, 0) is 47.0 Å². The van der Waals surface area contributed by atoms with Gasteiger partial charge in [-0.1, -0.05) is 60.7 Å². The lowest BCUT2D eigenvalue weighted by Gasteiger charge is -2.31. The average molecular weight is 521 g/mol. The van der Waals surface area contributed by atoms with Crippen LogP contribution in [0.25, 0.3) is 24.3 Å². The van der Waals surface area contributed by atoms with E-state index < -0.39 is 10.0 Å². The predicted molar refractivity (Wildman–Crippen MR) is 150 cm³/mol. The van der Waals surface area contributed by atoms with Crippen molar-refractivity contribution in [2.75, 3.05) is 52.2 Å². The lowest BCUT2D eigenvalue weighted by molar-refractivity contribution is -0.904. The predicted octanol–water partition coefficient (Wildman–Crippen LogP) is 2.50. The van der Waals surface area contributed by atoms with E-state index in [-0.39, 0.29) is 6.61 Å². The number of nitrogens with two attached hydrogens (primary N) is 1. The van der Waals surface area contributed by atoms with Gasteiger partial charge in [-0.2, -0.15) is 4.31 Å². The van der Waals surface area contributed by atoms with E-state index in [0.717, 1.165) is 33.7 Å². The second-order valence-electron chi connectivity index (χ2n) is 9.03. The number of quaternary nitrogens is 1. The summed E-state index contributed by atoms with van der Waals surface area (Å²) in [5.41, 5.74) is 10.4. The van der Waals surface area contributed by atoms with E-state index in [4.69, 9.17) is 15.6 Å². The fourth-order valence-electron chi connectivity index (χ4n) is 4.31. The second-order valence-corrected chi connectivity index (χ2v) is 11.0. The van der Waals surface area contributed by atoms with Gasteiger partial charge in [-0.25, -0.2) is 8.42 Å². The molecule has 1 aliphatic rings. The maximum atomic E-state index is 13.0. The van der Waals surface area contributed by atoms with Gasteiger partial charge in [0.15, 0.2) is 0 Å². The molecule has 1 saturated heterocycles. The molecule has 7 nitrogen and oxygen atoms in total. The zero-order chi connectivity index (χ0) is 26.3. The SMILES string of the molecule is COc1cc(/C=C/c2ccc(S(=O)(=O)N3CC[NH+](CCO)CC3)cc2)ccc1/C=C/c1ccc(N)cc1. The number of anilines is 1. The molecule has 0 aliphatic carbocycles. The average Bonchev–Trinajstić information content (AvgIpc) is 2.92. The molecular formula is C29H34N3O4S+. The van der Waals surface area contributed by atoms with Crippen LogP contribution in [0.15, 0.2) is 71.6 Å². The molecule has 0 atom stereocenters. The van der Waals surface area contributed by atoms with E-state index in [1.165, 1.54) is 9.21 Å². The van der Waals surface area contributed by atoms with Crippen molar-refractivity contribution in [1.29, 1.82) is 0 Å². The largest absolute Gasteiger partial charge is 0.496 e. The molecule has 1 aliphatic heterocycles. The molecule has 1 fully saturated rings. The highest BCUT2D eigenvalue weighted by molar-refractivity contribution is 7.89. The van der Waals surface area contributed by atoms with Crippen molar-refractivity contribution in [3.8, 4) is 5.75 Å². The first kappa shape index (κ1) is 26.6. The van der Waals surface area contributed by atoms with Crippen molar-refractivity contribution in [1.82, 2.24) is 4.31 Å². The van der Waals surface area contributed by atoms with Gasteiger partial charge in [0.25, 0.3) is 0 Å². The summed E-state index contributed by atoms with van der Waals surface area (Å²) in [5, 5.41) is 9.10. The van der Waals surface area contributed by atoms with Crippen LogP contribution < -0.4 is 15.4 Å². The molecule has 0 bridgehead atoms. The van der Waals surface area contributed by atoms with Crippen molar-refractivity contribution in [2.24, 2.45) is 0 Å². The Bertz CT molecular complexity index is 1340. The van der Waals surface area contributed by atoms with Crippen molar-refractivity contribution in [3.63, 3.8) is 0 Å². The summed E-state index contributed by atoms with van der Waals surface area (Å²) in [4.78, 5) is 1.53. The highest BCUT2D eigenvalue weighted by Crippen LogP contribution is 2.24. The fourth-order valence-corrected chi connectivity index (χ4v) is 5.75. The second kappa shape index (κ2) is 12.2. The van der Waals surface area contributed by atoms with Crippen molar-refractivity contribution < 1.29 is 23.2 Å². The van der Waals surface area contributed by atoms with E-state index in [2.05, 4.69) is 0 Å². The summed E-state index contributed by atoms with van der Waals surface area (Å²) in [6, 6.07) is 20.6. The Morgan fingerprint density at radius 2 is 1.46 bits per heavy atom. The number of hydrogen-bond acceptors (Lipinski definition) is 5. The van der Waals surface area contributed by atoms with Crippen molar-refractivity contribution in [2.45, 2.75) is 4.90 Å². The first-order valence-corrected chi connectivity index (χ1v) is 13.8. The molecule has 4 rings (SSSR count). The minimum atomic E-state index is -3.52. The number of methoxy groups -OCH3 is 1. The smallest absolute Gasteiger partial charge is 0.243 e. The number of piperazine rings is 1. The topological polar surface area (TPSA) is 97.3 Å². The van der Waals surface area contributed by atoms with Crippen LogP contribution >= 0.6 is 0 Å².